The van der Waals surface area contributed by atoms with Gasteiger partial charge in [-0.15, -0.1) is 11.6 Å². The van der Waals surface area contributed by atoms with Crippen molar-refractivity contribution in [2.24, 2.45) is 0 Å². The third kappa shape index (κ3) is 5.22. The molecule has 0 radical (unpaired) electrons. The van der Waals surface area contributed by atoms with E-state index in [1.807, 2.05) is 0 Å². The molecule has 0 heterocycles. The lowest BCUT2D eigenvalue weighted by molar-refractivity contribution is -0.385. The molecule has 0 aliphatic heterocycles. The molecule has 1 aromatic carbocycles. The molecule has 21 heavy (non-hydrogen) atoms. The summed E-state index contributed by atoms with van der Waals surface area (Å²) in [6.07, 6.45) is -3.75. The normalized spacial score (nSPS) is 11.2. The number of alkyl halides is 4. The van der Waals surface area contributed by atoms with Crippen LogP contribution in [0.2, 0.25) is 0 Å². The lowest BCUT2D eigenvalue weighted by Crippen LogP contribution is -2.16. The van der Waals surface area contributed by atoms with Gasteiger partial charge < -0.3 is 5.32 Å². The number of nitrogens with zero attached hydrogens (tertiary/aromatic N) is 1. The van der Waals surface area contributed by atoms with E-state index in [0.717, 1.165) is 12.1 Å². The number of carbonyl (C=O) groups is 1. The van der Waals surface area contributed by atoms with Gasteiger partial charge in [-0.05, 0) is 18.9 Å². The minimum Gasteiger partial charge on any atom is -0.325 e. The van der Waals surface area contributed by atoms with Crippen molar-refractivity contribution in [2.75, 3.05) is 11.2 Å². The van der Waals surface area contributed by atoms with Gasteiger partial charge in [-0.3, -0.25) is 14.9 Å². The molecule has 0 saturated carbocycles. The number of anilines is 1. The molecular weight excluding hydrogens is 313 g/mol. The number of hydrogen-bond donors (Lipinski definition) is 1. The van der Waals surface area contributed by atoms with Crippen molar-refractivity contribution < 1.29 is 22.9 Å². The van der Waals surface area contributed by atoms with Crippen LogP contribution in [0, 0.1) is 10.1 Å². The van der Waals surface area contributed by atoms with Gasteiger partial charge in [0.2, 0.25) is 5.91 Å². The van der Waals surface area contributed by atoms with Gasteiger partial charge in [0.25, 0.3) is 5.69 Å². The second-order valence-corrected chi connectivity index (χ2v) is 4.56. The van der Waals surface area contributed by atoms with E-state index in [-0.39, 0.29) is 6.42 Å². The Hall–Kier alpha value is -1.83. The molecule has 116 valence electrons. The Morgan fingerprint density at radius 1 is 1.33 bits per heavy atom. The lowest BCUT2D eigenvalue weighted by atomic mass is 10.1. The molecule has 1 N–H and O–H groups in total. The predicted octanol–water partition coefficient (Wildman–Crippen LogP) is 3.96. The highest BCUT2D eigenvalue weighted by molar-refractivity contribution is 6.17. The summed E-state index contributed by atoms with van der Waals surface area (Å²) in [5.74, 6) is -0.238. The Morgan fingerprint density at radius 2 is 2.00 bits per heavy atom. The van der Waals surface area contributed by atoms with E-state index in [0.29, 0.717) is 24.8 Å². The minimum absolute atomic E-state index is 0.0288. The van der Waals surface area contributed by atoms with Crippen LogP contribution < -0.4 is 5.32 Å². The molecule has 0 aliphatic carbocycles. The molecule has 0 aliphatic rings. The van der Waals surface area contributed by atoms with Crippen molar-refractivity contribution in [3.05, 3.63) is 33.9 Å². The van der Waals surface area contributed by atoms with Gasteiger partial charge >= 0.3 is 6.18 Å². The van der Waals surface area contributed by atoms with Gasteiger partial charge in [0.05, 0.1) is 16.2 Å². The van der Waals surface area contributed by atoms with E-state index in [1.54, 1.807) is 0 Å². The van der Waals surface area contributed by atoms with E-state index in [2.05, 4.69) is 5.32 Å². The SMILES string of the molecule is O=C(CCCCCl)Nc1ccc([N+](=O)[O-])cc1C(F)(F)F. The number of carbonyl (C=O) groups excluding carboxylic acids is 1. The Balaban J connectivity index is 2.96. The van der Waals surface area contributed by atoms with Crippen molar-refractivity contribution in [1.29, 1.82) is 0 Å². The average molecular weight is 325 g/mol. The average Bonchev–Trinajstić information content (AvgIpc) is 2.37. The highest BCUT2D eigenvalue weighted by atomic mass is 35.5. The molecule has 0 bridgehead atoms. The van der Waals surface area contributed by atoms with Gasteiger partial charge in [0.15, 0.2) is 0 Å². The molecule has 0 atom stereocenters. The van der Waals surface area contributed by atoms with E-state index in [4.69, 9.17) is 11.6 Å². The summed E-state index contributed by atoms with van der Waals surface area (Å²) in [4.78, 5) is 21.1. The van der Waals surface area contributed by atoms with E-state index in [9.17, 15) is 28.1 Å². The number of hydrogen-bond acceptors (Lipinski definition) is 3. The second kappa shape index (κ2) is 7.26. The molecule has 0 fully saturated rings. The maximum Gasteiger partial charge on any atom is 0.418 e. The highest BCUT2D eigenvalue weighted by Crippen LogP contribution is 2.37. The van der Waals surface area contributed by atoms with Crippen LogP contribution in [0.1, 0.15) is 24.8 Å². The first-order valence-electron chi connectivity index (χ1n) is 5.97. The monoisotopic (exact) mass is 324 g/mol. The van der Waals surface area contributed by atoms with Crippen molar-refractivity contribution in [3.8, 4) is 0 Å². The maximum absolute atomic E-state index is 12.9. The number of benzene rings is 1. The molecule has 9 heteroatoms. The summed E-state index contributed by atoms with van der Waals surface area (Å²) < 4.78 is 38.6. The van der Waals surface area contributed by atoms with Crippen molar-refractivity contribution in [1.82, 2.24) is 0 Å². The third-order valence-corrected chi connectivity index (χ3v) is 2.85. The molecule has 1 amide bonds. The van der Waals surface area contributed by atoms with Gasteiger partial charge in [0, 0.05) is 24.4 Å². The van der Waals surface area contributed by atoms with Crippen LogP contribution in [-0.2, 0) is 11.0 Å². The summed E-state index contributed by atoms with van der Waals surface area (Å²) in [5.41, 5.74) is -2.44. The highest BCUT2D eigenvalue weighted by Gasteiger charge is 2.35. The maximum atomic E-state index is 12.9. The number of nitro groups is 1. The zero-order chi connectivity index (χ0) is 16.0. The Bertz CT molecular complexity index is 535. The first-order chi connectivity index (χ1) is 9.75. The number of rotatable bonds is 6. The Labute approximate surface area is 123 Å². The van der Waals surface area contributed by atoms with Crippen LogP contribution >= 0.6 is 11.6 Å². The number of nitrogens with one attached hydrogen (secondary N) is 1. The predicted molar refractivity (Wildman–Crippen MR) is 71.3 cm³/mol. The number of unbranched alkanes of at least 4 members (excludes halogenated alkanes) is 1. The first kappa shape index (κ1) is 17.2. The van der Waals surface area contributed by atoms with E-state index >= 15 is 0 Å². The van der Waals surface area contributed by atoms with Crippen molar-refractivity contribution in [2.45, 2.75) is 25.4 Å². The Kier molecular flexibility index (Phi) is 5.95. The summed E-state index contributed by atoms with van der Waals surface area (Å²) in [6.45, 7) is 0. The van der Waals surface area contributed by atoms with Crippen LogP contribution in [0.3, 0.4) is 0 Å². The van der Waals surface area contributed by atoms with E-state index < -0.39 is 33.9 Å². The standard InChI is InChI=1S/C12H12ClF3N2O3/c13-6-2-1-3-11(19)17-10-5-4-8(18(20)21)7-9(10)12(14,15)16/h4-5,7H,1-3,6H2,(H,17,19). The van der Waals surface area contributed by atoms with Crippen molar-refractivity contribution >= 4 is 28.9 Å². The Morgan fingerprint density at radius 3 is 2.52 bits per heavy atom. The number of nitro benzene ring substituents is 1. The fraction of sp³-hybridized carbons (Fsp3) is 0.417. The summed E-state index contributed by atoms with van der Waals surface area (Å²) in [7, 11) is 0. The van der Waals surface area contributed by atoms with Crippen LogP contribution in [0.4, 0.5) is 24.5 Å². The molecule has 1 aromatic rings. The zero-order valence-electron chi connectivity index (χ0n) is 10.7. The largest absolute Gasteiger partial charge is 0.418 e. The molecule has 1 rings (SSSR count). The molecule has 0 unspecified atom stereocenters. The van der Waals surface area contributed by atoms with Crippen LogP contribution in [0.25, 0.3) is 0 Å². The van der Waals surface area contributed by atoms with Gasteiger partial charge in [-0.1, -0.05) is 0 Å². The number of amides is 1. The van der Waals surface area contributed by atoms with E-state index in [1.165, 1.54) is 0 Å². The molecule has 0 aromatic heterocycles. The first-order valence-corrected chi connectivity index (χ1v) is 6.50. The smallest absolute Gasteiger partial charge is 0.325 e. The van der Waals surface area contributed by atoms with Crippen LogP contribution in [0.15, 0.2) is 18.2 Å². The third-order valence-electron chi connectivity index (χ3n) is 2.58. The lowest BCUT2D eigenvalue weighted by Gasteiger charge is -2.13. The molecule has 5 nitrogen and oxygen atoms in total. The topological polar surface area (TPSA) is 72.2 Å². The van der Waals surface area contributed by atoms with Crippen LogP contribution in [0.5, 0.6) is 0 Å². The second-order valence-electron chi connectivity index (χ2n) is 4.18. The summed E-state index contributed by atoms with van der Waals surface area (Å²) in [6, 6.07) is 2.18. The van der Waals surface area contributed by atoms with Crippen molar-refractivity contribution in [3.63, 3.8) is 0 Å². The molecular formula is C12H12ClF3N2O3. The van der Waals surface area contributed by atoms with Gasteiger partial charge in [-0.2, -0.15) is 13.2 Å². The quantitative estimate of drug-likeness (QED) is 0.372. The number of non-ortho nitro benzene ring substituents is 1. The van der Waals surface area contributed by atoms with Gasteiger partial charge in [-0.25, -0.2) is 0 Å². The van der Waals surface area contributed by atoms with Crippen LogP contribution in [-0.4, -0.2) is 16.7 Å². The fourth-order valence-corrected chi connectivity index (χ4v) is 1.77. The molecule has 0 saturated heterocycles. The molecule has 0 spiro atoms. The fourth-order valence-electron chi connectivity index (χ4n) is 1.58. The minimum atomic E-state index is -4.80. The summed E-state index contributed by atoms with van der Waals surface area (Å²) in [5, 5.41) is 12.6. The zero-order valence-corrected chi connectivity index (χ0v) is 11.5. The summed E-state index contributed by atoms with van der Waals surface area (Å²) >= 11 is 5.43. The van der Waals surface area contributed by atoms with Gasteiger partial charge in [0.1, 0.15) is 0 Å². The number of halogens is 4.